The second-order valence-electron chi connectivity index (χ2n) is 5.62. The molecule has 0 radical (unpaired) electrons. The van der Waals surface area contributed by atoms with Gasteiger partial charge < -0.3 is 11.1 Å². The molecule has 11 heteroatoms. The number of hydrogen-bond acceptors (Lipinski definition) is 4. The van der Waals surface area contributed by atoms with Crippen molar-refractivity contribution in [3.63, 3.8) is 0 Å². The average molecular weight is 402 g/mol. The van der Waals surface area contributed by atoms with E-state index in [9.17, 15) is 26.4 Å². The molecule has 1 aliphatic carbocycles. The van der Waals surface area contributed by atoms with Gasteiger partial charge in [-0.3, -0.25) is 4.79 Å². The molecular weight excluding hydrogens is 383 g/mol. The van der Waals surface area contributed by atoms with E-state index >= 15 is 0 Å². The lowest BCUT2D eigenvalue weighted by atomic mass is 10.2. The first-order chi connectivity index (χ1) is 11.1. The molecule has 1 aliphatic rings. The summed E-state index contributed by atoms with van der Waals surface area (Å²) in [6, 6.07) is 4.32. The van der Waals surface area contributed by atoms with Crippen molar-refractivity contribution in [2.24, 2.45) is 11.7 Å². The van der Waals surface area contributed by atoms with Gasteiger partial charge in [-0.25, -0.2) is 13.1 Å². The van der Waals surface area contributed by atoms with Gasteiger partial charge in [0.05, 0.1) is 4.90 Å². The maximum atomic E-state index is 12.3. The number of nitrogens with one attached hydrogen (secondary N) is 2. The molecule has 0 spiro atoms. The fourth-order valence-corrected chi connectivity index (χ4v) is 3.49. The molecule has 1 fully saturated rings. The summed E-state index contributed by atoms with van der Waals surface area (Å²) in [6.07, 6.45) is -2.67. The van der Waals surface area contributed by atoms with Crippen LogP contribution in [0, 0.1) is 5.92 Å². The van der Waals surface area contributed by atoms with Crippen LogP contribution < -0.4 is 15.8 Å². The molecule has 1 aromatic rings. The number of nitrogens with two attached hydrogens (primary N) is 1. The highest BCUT2D eigenvalue weighted by Crippen LogP contribution is 2.32. The number of benzene rings is 1. The zero-order chi connectivity index (χ0) is 18.0. The Labute approximate surface area is 149 Å². The van der Waals surface area contributed by atoms with Crippen LogP contribution in [-0.2, 0) is 10.0 Å². The minimum absolute atomic E-state index is 0. The van der Waals surface area contributed by atoms with E-state index in [0.717, 1.165) is 25.0 Å². The van der Waals surface area contributed by atoms with E-state index in [4.69, 9.17) is 5.73 Å². The first-order valence-corrected chi connectivity index (χ1v) is 8.78. The number of halogens is 4. The van der Waals surface area contributed by atoms with Crippen molar-refractivity contribution in [1.29, 1.82) is 0 Å². The highest BCUT2D eigenvalue weighted by molar-refractivity contribution is 7.89. The van der Waals surface area contributed by atoms with E-state index in [1.807, 2.05) is 0 Å². The monoisotopic (exact) mass is 401 g/mol. The van der Waals surface area contributed by atoms with Gasteiger partial charge in [-0.1, -0.05) is 0 Å². The number of amides is 1. The van der Waals surface area contributed by atoms with Gasteiger partial charge in [-0.05, 0) is 43.0 Å². The SMILES string of the molecule is Cl.NCC(NS(=O)(=O)c1ccc(C(=O)NCC(F)(F)F)cc1)C1CC1. The first kappa shape index (κ1) is 21.7. The highest BCUT2D eigenvalue weighted by atomic mass is 35.5. The van der Waals surface area contributed by atoms with Crippen LogP contribution in [-0.4, -0.2) is 39.6 Å². The zero-order valence-corrected chi connectivity index (χ0v) is 14.7. The summed E-state index contributed by atoms with van der Waals surface area (Å²) in [5.41, 5.74) is 5.50. The Balaban J connectivity index is 0.00000312. The van der Waals surface area contributed by atoms with Crippen LogP contribution >= 0.6 is 12.4 Å². The summed E-state index contributed by atoms with van der Waals surface area (Å²) >= 11 is 0. The quantitative estimate of drug-likeness (QED) is 0.643. The Kier molecular flexibility index (Phi) is 7.24. The van der Waals surface area contributed by atoms with Gasteiger partial charge in [0.15, 0.2) is 0 Å². The summed E-state index contributed by atoms with van der Waals surface area (Å²) in [4.78, 5) is 11.5. The summed E-state index contributed by atoms with van der Waals surface area (Å²) in [5.74, 6) is -0.695. The first-order valence-electron chi connectivity index (χ1n) is 7.30. The molecule has 1 amide bonds. The largest absolute Gasteiger partial charge is 0.405 e. The Hall–Kier alpha value is -1.36. The summed E-state index contributed by atoms with van der Waals surface area (Å²) in [6.45, 7) is -1.27. The zero-order valence-electron chi connectivity index (χ0n) is 13.0. The molecule has 1 aromatic carbocycles. The molecule has 25 heavy (non-hydrogen) atoms. The van der Waals surface area contributed by atoms with E-state index in [-0.39, 0.29) is 41.4 Å². The van der Waals surface area contributed by atoms with Crippen molar-refractivity contribution in [3.05, 3.63) is 29.8 Å². The fourth-order valence-electron chi connectivity index (χ4n) is 2.17. The molecule has 0 bridgehead atoms. The van der Waals surface area contributed by atoms with Gasteiger partial charge >= 0.3 is 6.18 Å². The predicted molar refractivity (Wildman–Crippen MR) is 88.0 cm³/mol. The third-order valence-corrected chi connectivity index (χ3v) is 5.13. The molecule has 142 valence electrons. The van der Waals surface area contributed by atoms with Gasteiger partial charge in [-0.2, -0.15) is 13.2 Å². The lowest BCUT2D eigenvalue weighted by Gasteiger charge is -2.16. The lowest BCUT2D eigenvalue weighted by Crippen LogP contribution is -2.41. The Bertz CT molecular complexity index is 692. The maximum absolute atomic E-state index is 12.3. The van der Waals surface area contributed by atoms with Crippen molar-refractivity contribution in [1.82, 2.24) is 10.0 Å². The minimum Gasteiger partial charge on any atom is -0.343 e. The smallest absolute Gasteiger partial charge is 0.343 e. The van der Waals surface area contributed by atoms with E-state index in [2.05, 4.69) is 4.72 Å². The number of sulfonamides is 1. The molecule has 0 heterocycles. The second kappa shape index (κ2) is 8.35. The molecule has 4 N–H and O–H groups in total. The van der Waals surface area contributed by atoms with E-state index in [1.54, 1.807) is 5.32 Å². The highest BCUT2D eigenvalue weighted by Gasteiger charge is 2.33. The molecule has 6 nitrogen and oxygen atoms in total. The molecule has 2 rings (SSSR count). The van der Waals surface area contributed by atoms with E-state index in [0.29, 0.717) is 0 Å². The van der Waals surface area contributed by atoms with Crippen molar-refractivity contribution < 1.29 is 26.4 Å². The number of carbonyl (C=O) groups is 1. The molecule has 0 aromatic heterocycles. The van der Waals surface area contributed by atoms with Crippen molar-refractivity contribution in [3.8, 4) is 0 Å². The lowest BCUT2D eigenvalue weighted by molar-refractivity contribution is -0.123. The van der Waals surface area contributed by atoms with Crippen molar-refractivity contribution in [2.75, 3.05) is 13.1 Å². The van der Waals surface area contributed by atoms with Crippen LogP contribution in [0.2, 0.25) is 0 Å². The van der Waals surface area contributed by atoms with Crippen molar-refractivity contribution >= 4 is 28.3 Å². The fraction of sp³-hybridized carbons (Fsp3) is 0.500. The average Bonchev–Trinajstić information content (AvgIpc) is 3.34. The third kappa shape index (κ3) is 6.46. The molecule has 1 atom stereocenters. The van der Waals surface area contributed by atoms with Gasteiger partial charge in [0.2, 0.25) is 10.0 Å². The Morgan fingerprint density at radius 2 is 1.80 bits per heavy atom. The molecule has 1 unspecified atom stereocenters. The van der Waals surface area contributed by atoms with Crippen molar-refractivity contribution in [2.45, 2.75) is 30.0 Å². The van der Waals surface area contributed by atoms with Crippen LogP contribution in [0.3, 0.4) is 0 Å². The molecule has 1 saturated carbocycles. The number of alkyl halides is 3. The molecule has 0 aliphatic heterocycles. The van der Waals surface area contributed by atoms with Gasteiger partial charge in [0.1, 0.15) is 6.54 Å². The Morgan fingerprint density at radius 1 is 1.24 bits per heavy atom. The Morgan fingerprint density at radius 3 is 2.24 bits per heavy atom. The van der Waals surface area contributed by atoms with Crippen LogP contribution in [0.5, 0.6) is 0 Å². The standard InChI is InChI=1S/C14H18F3N3O3S.ClH/c15-14(16,17)8-19-13(21)10-3-5-11(6-4-10)24(22,23)20-12(7-18)9-1-2-9;/h3-6,9,12,20H,1-2,7-8,18H2,(H,19,21);1H. The summed E-state index contributed by atoms with van der Waals surface area (Å²) < 4.78 is 63.2. The van der Waals surface area contributed by atoms with E-state index in [1.165, 1.54) is 12.1 Å². The predicted octanol–water partition coefficient (Wildman–Crippen LogP) is 1.42. The van der Waals surface area contributed by atoms with Gasteiger partial charge in [0, 0.05) is 18.2 Å². The van der Waals surface area contributed by atoms with Gasteiger partial charge in [-0.15, -0.1) is 12.4 Å². The number of carbonyl (C=O) groups excluding carboxylic acids is 1. The molecular formula is C14H19ClF3N3O3S. The minimum atomic E-state index is -4.51. The summed E-state index contributed by atoms with van der Waals surface area (Å²) in [7, 11) is -3.80. The van der Waals surface area contributed by atoms with Crippen LogP contribution in [0.4, 0.5) is 13.2 Å². The third-order valence-electron chi connectivity index (χ3n) is 3.63. The van der Waals surface area contributed by atoms with E-state index < -0.39 is 28.7 Å². The number of hydrogen-bond donors (Lipinski definition) is 3. The normalized spacial score (nSPS) is 16.0. The topological polar surface area (TPSA) is 101 Å². The van der Waals surface area contributed by atoms with Crippen LogP contribution in [0.15, 0.2) is 29.2 Å². The van der Waals surface area contributed by atoms with Crippen LogP contribution in [0.25, 0.3) is 0 Å². The second-order valence-corrected chi connectivity index (χ2v) is 7.34. The molecule has 0 saturated heterocycles. The van der Waals surface area contributed by atoms with Gasteiger partial charge in [0.25, 0.3) is 5.91 Å². The maximum Gasteiger partial charge on any atom is 0.405 e. The van der Waals surface area contributed by atoms with Crippen LogP contribution in [0.1, 0.15) is 23.2 Å². The number of rotatable bonds is 7. The summed E-state index contributed by atoms with van der Waals surface area (Å²) in [5, 5.41) is 1.72.